The summed E-state index contributed by atoms with van der Waals surface area (Å²) in [5, 5.41) is 3.49. The van der Waals surface area contributed by atoms with Crippen molar-refractivity contribution in [3.8, 4) is 11.5 Å². The predicted octanol–water partition coefficient (Wildman–Crippen LogP) is 1.76. The molecule has 5 nitrogen and oxygen atoms in total. The highest BCUT2D eigenvalue weighted by Gasteiger charge is 2.15. The van der Waals surface area contributed by atoms with Crippen LogP contribution >= 0.6 is 11.6 Å². The van der Waals surface area contributed by atoms with Gasteiger partial charge in [-0.1, -0.05) is 11.6 Å². The third-order valence-corrected chi connectivity index (χ3v) is 2.97. The summed E-state index contributed by atoms with van der Waals surface area (Å²) in [7, 11) is 1.36. The van der Waals surface area contributed by atoms with Crippen LogP contribution in [0.1, 0.15) is 12.0 Å². The highest BCUT2D eigenvalue weighted by Crippen LogP contribution is 2.37. The molecule has 104 valence electrons. The van der Waals surface area contributed by atoms with Gasteiger partial charge in [0.15, 0.2) is 11.5 Å². The molecule has 19 heavy (non-hydrogen) atoms. The molecule has 0 bridgehead atoms. The van der Waals surface area contributed by atoms with E-state index in [2.05, 4.69) is 10.1 Å². The number of fused-ring (bicyclic) bond motifs is 1. The van der Waals surface area contributed by atoms with E-state index in [0.717, 1.165) is 12.0 Å². The van der Waals surface area contributed by atoms with Gasteiger partial charge in [-0.15, -0.1) is 0 Å². The Labute approximate surface area is 116 Å². The SMILES string of the molecule is COC(=O)CNCc1cc(Cl)c2c(c1)OCCCO2. The van der Waals surface area contributed by atoms with Crippen molar-refractivity contribution in [1.82, 2.24) is 5.32 Å². The van der Waals surface area contributed by atoms with Crippen LogP contribution < -0.4 is 14.8 Å². The molecule has 1 aliphatic heterocycles. The van der Waals surface area contributed by atoms with Crippen LogP contribution in [0.3, 0.4) is 0 Å². The molecule has 1 aromatic rings. The van der Waals surface area contributed by atoms with Crippen molar-refractivity contribution in [2.24, 2.45) is 0 Å². The lowest BCUT2D eigenvalue weighted by molar-refractivity contribution is -0.139. The summed E-state index contributed by atoms with van der Waals surface area (Å²) in [6.45, 7) is 1.88. The average Bonchev–Trinajstić information content (AvgIpc) is 2.64. The number of hydrogen-bond acceptors (Lipinski definition) is 5. The van der Waals surface area contributed by atoms with Gasteiger partial charge in [0.25, 0.3) is 0 Å². The Bertz CT molecular complexity index is 464. The summed E-state index contributed by atoms with van der Waals surface area (Å²) in [5.74, 6) is 0.941. The van der Waals surface area contributed by atoms with Crippen LogP contribution in [0.25, 0.3) is 0 Å². The van der Waals surface area contributed by atoms with Crippen LogP contribution in [-0.4, -0.2) is 32.8 Å². The van der Waals surface area contributed by atoms with Crippen molar-refractivity contribution in [2.45, 2.75) is 13.0 Å². The highest BCUT2D eigenvalue weighted by atomic mass is 35.5. The molecule has 0 atom stereocenters. The van der Waals surface area contributed by atoms with Gasteiger partial charge < -0.3 is 19.5 Å². The van der Waals surface area contributed by atoms with Crippen LogP contribution in [0.2, 0.25) is 5.02 Å². The molecule has 1 N–H and O–H groups in total. The van der Waals surface area contributed by atoms with E-state index in [9.17, 15) is 4.79 Å². The minimum absolute atomic E-state index is 0.155. The van der Waals surface area contributed by atoms with Crippen molar-refractivity contribution >= 4 is 17.6 Å². The second-order valence-electron chi connectivity index (χ2n) is 4.14. The summed E-state index contributed by atoms with van der Waals surface area (Å²) in [4.78, 5) is 11.0. The Morgan fingerprint density at radius 2 is 2.21 bits per heavy atom. The van der Waals surface area contributed by atoms with E-state index in [-0.39, 0.29) is 12.5 Å². The van der Waals surface area contributed by atoms with E-state index in [1.807, 2.05) is 6.07 Å². The van der Waals surface area contributed by atoms with Gasteiger partial charge in [-0.3, -0.25) is 4.79 Å². The van der Waals surface area contributed by atoms with Crippen molar-refractivity contribution in [1.29, 1.82) is 0 Å². The zero-order valence-corrected chi connectivity index (χ0v) is 11.5. The molecule has 0 saturated carbocycles. The third-order valence-electron chi connectivity index (χ3n) is 2.69. The molecule has 1 aliphatic rings. The van der Waals surface area contributed by atoms with Crippen LogP contribution in [0.4, 0.5) is 0 Å². The Balaban J connectivity index is 2.04. The van der Waals surface area contributed by atoms with Crippen molar-refractivity contribution < 1.29 is 19.0 Å². The number of hydrogen-bond donors (Lipinski definition) is 1. The molecule has 0 radical (unpaired) electrons. The van der Waals surface area contributed by atoms with Crippen molar-refractivity contribution in [2.75, 3.05) is 26.9 Å². The molecule has 0 fully saturated rings. The fraction of sp³-hybridized carbons (Fsp3) is 0.462. The fourth-order valence-corrected chi connectivity index (χ4v) is 2.06. The fourth-order valence-electron chi connectivity index (χ4n) is 1.77. The Morgan fingerprint density at radius 1 is 1.42 bits per heavy atom. The van der Waals surface area contributed by atoms with Gasteiger partial charge in [0.2, 0.25) is 0 Å². The maximum Gasteiger partial charge on any atom is 0.319 e. The summed E-state index contributed by atoms with van der Waals surface area (Å²) in [5.41, 5.74) is 0.929. The molecule has 0 aromatic heterocycles. The molecular formula is C13H16ClNO4. The summed E-state index contributed by atoms with van der Waals surface area (Å²) < 4.78 is 15.7. The zero-order chi connectivity index (χ0) is 13.7. The predicted molar refractivity (Wildman–Crippen MR) is 70.8 cm³/mol. The average molecular weight is 286 g/mol. The van der Waals surface area contributed by atoms with E-state index < -0.39 is 0 Å². The first-order valence-corrected chi connectivity index (χ1v) is 6.44. The lowest BCUT2D eigenvalue weighted by Crippen LogP contribution is -2.23. The first kappa shape index (κ1) is 14.0. The van der Waals surface area contributed by atoms with Gasteiger partial charge in [0, 0.05) is 13.0 Å². The normalized spacial score (nSPS) is 13.8. The van der Waals surface area contributed by atoms with Crippen LogP contribution in [0.15, 0.2) is 12.1 Å². The Morgan fingerprint density at radius 3 is 3.00 bits per heavy atom. The van der Waals surface area contributed by atoms with Crippen molar-refractivity contribution in [3.63, 3.8) is 0 Å². The number of carbonyl (C=O) groups is 1. The van der Waals surface area contributed by atoms with Crippen LogP contribution in [0, 0.1) is 0 Å². The summed E-state index contributed by atoms with van der Waals surface area (Å²) in [6, 6.07) is 3.68. The maximum absolute atomic E-state index is 11.0. The maximum atomic E-state index is 11.0. The van der Waals surface area contributed by atoms with Gasteiger partial charge in [-0.25, -0.2) is 0 Å². The first-order chi connectivity index (χ1) is 9.20. The van der Waals surface area contributed by atoms with Crippen LogP contribution in [0.5, 0.6) is 11.5 Å². The minimum Gasteiger partial charge on any atom is -0.489 e. The quantitative estimate of drug-likeness (QED) is 0.855. The highest BCUT2D eigenvalue weighted by molar-refractivity contribution is 6.32. The second-order valence-corrected chi connectivity index (χ2v) is 4.54. The summed E-state index contributed by atoms with van der Waals surface area (Å²) >= 11 is 6.16. The number of halogens is 1. The van der Waals surface area contributed by atoms with Gasteiger partial charge >= 0.3 is 5.97 Å². The standard InChI is InChI=1S/C13H16ClNO4/c1-17-12(16)8-15-7-9-5-10(14)13-11(6-9)18-3-2-4-19-13/h5-6,15H,2-4,7-8H2,1H3. The molecule has 0 spiro atoms. The van der Waals surface area contributed by atoms with E-state index in [1.165, 1.54) is 7.11 Å². The van der Waals surface area contributed by atoms with Gasteiger partial charge in [-0.2, -0.15) is 0 Å². The number of nitrogens with one attached hydrogen (secondary N) is 1. The smallest absolute Gasteiger partial charge is 0.319 e. The molecule has 0 unspecified atom stereocenters. The van der Waals surface area contributed by atoms with Gasteiger partial charge in [0.05, 0.1) is 31.9 Å². The largest absolute Gasteiger partial charge is 0.489 e. The number of benzene rings is 1. The topological polar surface area (TPSA) is 56.8 Å². The lowest BCUT2D eigenvalue weighted by atomic mass is 10.2. The molecule has 0 amide bonds. The van der Waals surface area contributed by atoms with E-state index in [4.69, 9.17) is 21.1 Å². The molecular weight excluding hydrogens is 270 g/mol. The number of carbonyl (C=O) groups excluding carboxylic acids is 1. The lowest BCUT2D eigenvalue weighted by Gasteiger charge is -2.11. The second kappa shape index (κ2) is 6.63. The molecule has 2 rings (SSSR count). The first-order valence-electron chi connectivity index (χ1n) is 6.06. The monoisotopic (exact) mass is 285 g/mol. The van der Waals surface area contributed by atoms with E-state index >= 15 is 0 Å². The van der Waals surface area contributed by atoms with Gasteiger partial charge in [0.1, 0.15) is 0 Å². The molecule has 1 aromatic carbocycles. The number of methoxy groups -OCH3 is 1. The van der Waals surface area contributed by atoms with Crippen molar-refractivity contribution in [3.05, 3.63) is 22.7 Å². The molecule has 0 saturated heterocycles. The van der Waals surface area contributed by atoms with E-state index in [1.54, 1.807) is 6.07 Å². The zero-order valence-electron chi connectivity index (χ0n) is 10.7. The summed E-state index contributed by atoms with van der Waals surface area (Å²) in [6.07, 6.45) is 0.834. The number of esters is 1. The van der Waals surface area contributed by atoms with Crippen LogP contribution in [-0.2, 0) is 16.1 Å². The number of ether oxygens (including phenoxy) is 3. The minimum atomic E-state index is -0.305. The van der Waals surface area contributed by atoms with E-state index in [0.29, 0.717) is 36.3 Å². The Kier molecular flexibility index (Phi) is 4.87. The third kappa shape index (κ3) is 3.75. The van der Waals surface area contributed by atoms with Gasteiger partial charge in [-0.05, 0) is 17.7 Å². The molecule has 0 aliphatic carbocycles. The Hall–Kier alpha value is -1.46. The molecule has 1 heterocycles. The molecule has 6 heteroatoms. The number of rotatable bonds is 4.